The normalized spacial score (nSPS) is 24.4. The lowest BCUT2D eigenvalue weighted by molar-refractivity contribution is -0.144. The maximum Gasteiger partial charge on any atom is 0.310 e. The summed E-state index contributed by atoms with van der Waals surface area (Å²) in [7, 11) is 1.43. The van der Waals surface area contributed by atoms with Gasteiger partial charge in [0.25, 0.3) is 0 Å². The van der Waals surface area contributed by atoms with Gasteiger partial charge in [-0.15, -0.1) is 0 Å². The van der Waals surface area contributed by atoms with E-state index in [9.17, 15) is 4.79 Å². The molecule has 1 N–H and O–H groups in total. The molecule has 2 atom stereocenters. The third-order valence-corrected chi connectivity index (χ3v) is 3.15. The summed E-state index contributed by atoms with van der Waals surface area (Å²) in [5, 5.41) is 4.03. The highest BCUT2D eigenvalue weighted by Crippen LogP contribution is 2.28. The third-order valence-electron chi connectivity index (χ3n) is 2.92. The zero-order valence-electron chi connectivity index (χ0n) is 9.07. The average molecular weight is 240 g/mol. The van der Waals surface area contributed by atoms with Gasteiger partial charge in [0.2, 0.25) is 0 Å². The van der Waals surface area contributed by atoms with Gasteiger partial charge in [-0.05, 0) is 24.1 Å². The number of carbonyl (C=O) groups excluding carboxylic acids is 1. The van der Waals surface area contributed by atoms with Crippen LogP contribution < -0.4 is 5.32 Å². The Labute approximate surface area is 99.7 Å². The van der Waals surface area contributed by atoms with E-state index in [1.165, 1.54) is 7.11 Å². The molecule has 0 aromatic heterocycles. The topological polar surface area (TPSA) is 38.3 Å². The molecule has 1 aromatic carbocycles. The van der Waals surface area contributed by atoms with Gasteiger partial charge in [-0.3, -0.25) is 4.79 Å². The number of hydrogen-bond acceptors (Lipinski definition) is 3. The Morgan fingerprint density at radius 1 is 1.56 bits per heavy atom. The maximum absolute atomic E-state index is 11.4. The van der Waals surface area contributed by atoms with Crippen molar-refractivity contribution in [1.82, 2.24) is 5.32 Å². The summed E-state index contributed by atoms with van der Waals surface area (Å²) in [6.07, 6.45) is 0.771. The molecule has 1 saturated heterocycles. The fourth-order valence-electron chi connectivity index (χ4n) is 2.06. The van der Waals surface area contributed by atoms with Crippen molar-refractivity contribution < 1.29 is 9.53 Å². The molecule has 4 heteroatoms. The maximum atomic E-state index is 11.4. The van der Waals surface area contributed by atoms with Crippen molar-refractivity contribution in [3.8, 4) is 0 Å². The van der Waals surface area contributed by atoms with Gasteiger partial charge in [-0.2, -0.15) is 0 Å². The first-order valence-corrected chi connectivity index (χ1v) is 5.65. The van der Waals surface area contributed by atoms with Crippen LogP contribution in [0, 0.1) is 5.92 Å². The minimum Gasteiger partial charge on any atom is -0.469 e. The summed E-state index contributed by atoms with van der Waals surface area (Å²) in [5.41, 5.74) is 1.12. The monoisotopic (exact) mass is 239 g/mol. The summed E-state index contributed by atoms with van der Waals surface area (Å²) in [6, 6.07) is 7.91. The second-order valence-corrected chi connectivity index (χ2v) is 4.41. The molecule has 2 unspecified atom stereocenters. The third kappa shape index (κ3) is 2.36. The fraction of sp³-hybridized carbons (Fsp3) is 0.417. The molecule has 0 saturated carbocycles. The largest absolute Gasteiger partial charge is 0.469 e. The summed E-state index contributed by atoms with van der Waals surface area (Å²) in [5.74, 6) is -0.189. The average Bonchev–Trinajstić information content (AvgIpc) is 2.77. The van der Waals surface area contributed by atoms with Crippen molar-refractivity contribution in [2.24, 2.45) is 5.92 Å². The van der Waals surface area contributed by atoms with Crippen molar-refractivity contribution >= 4 is 17.6 Å². The molecule has 0 radical (unpaired) electrons. The molecule has 1 fully saturated rings. The second-order valence-electron chi connectivity index (χ2n) is 3.97. The molecule has 3 nitrogen and oxygen atoms in total. The number of methoxy groups -OCH3 is 1. The summed E-state index contributed by atoms with van der Waals surface area (Å²) >= 11 is 5.93. The smallest absolute Gasteiger partial charge is 0.310 e. The Kier molecular flexibility index (Phi) is 3.46. The number of halogens is 1. The van der Waals surface area contributed by atoms with Crippen LogP contribution in [0.3, 0.4) is 0 Å². The summed E-state index contributed by atoms with van der Waals surface area (Å²) < 4.78 is 4.74. The number of hydrogen-bond donors (Lipinski definition) is 1. The SMILES string of the molecule is COC(=O)C1CNC(c2cccc(Cl)c2)C1. The van der Waals surface area contributed by atoms with Crippen molar-refractivity contribution in [1.29, 1.82) is 0 Å². The molecule has 0 amide bonds. The first kappa shape index (κ1) is 11.4. The van der Waals surface area contributed by atoms with E-state index in [-0.39, 0.29) is 17.9 Å². The molecule has 1 aliphatic rings. The number of carbonyl (C=O) groups is 1. The van der Waals surface area contributed by atoms with Crippen LogP contribution >= 0.6 is 11.6 Å². The van der Waals surface area contributed by atoms with Gasteiger partial charge in [0, 0.05) is 17.6 Å². The molecule has 0 aliphatic carbocycles. The van der Waals surface area contributed by atoms with E-state index >= 15 is 0 Å². The molecule has 16 heavy (non-hydrogen) atoms. The van der Waals surface area contributed by atoms with E-state index in [0.717, 1.165) is 17.0 Å². The molecule has 0 bridgehead atoms. The van der Waals surface area contributed by atoms with Crippen LogP contribution in [-0.4, -0.2) is 19.6 Å². The molecule has 2 rings (SSSR count). The van der Waals surface area contributed by atoms with Crippen LogP contribution in [0.15, 0.2) is 24.3 Å². The number of esters is 1. The van der Waals surface area contributed by atoms with Crippen molar-refractivity contribution in [2.45, 2.75) is 12.5 Å². The van der Waals surface area contributed by atoms with Gasteiger partial charge in [-0.1, -0.05) is 23.7 Å². The predicted molar refractivity (Wildman–Crippen MR) is 62.3 cm³/mol. The minimum absolute atomic E-state index is 0.0472. The second kappa shape index (κ2) is 4.85. The lowest BCUT2D eigenvalue weighted by Crippen LogP contribution is -2.19. The van der Waals surface area contributed by atoms with Crippen molar-refractivity contribution in [3.05, 3.63) is 34.9 Å². The first-order valence-electron chi connectivity index (χ1n) is 5.27. The van der Waals surface area contributed by atoms with Crippen molar-refractivity contribution in [3.63, 3.8) is 0 Å². The molecule has 86 valence electrons. The number of nitrogens with one attached hydrogen (secondary N) is 1. The lowest BCUT2D eigenvalue weighted by atomic mass is 10.0. The highest BCUT2D eigenvalue weighted by atomic mass is 35.5. The minimum atomic E-state index is -0.142. The predicted octanol–water partition coefficient (Wildman–Crippen LogP) is 2.16. The Bertz CT molecular complexity index is 394. The molecular formula is C12H14ClNO2. The highest BCUT2D eigenvalue weighted by Gasteiger charge is 2.30. The first-order chi connectivity index (χ1) is 7.70. The molecular weight excluding hydrogens is 226 g/mol. The Hall–Kier alpha value is -1.06. The van der Waals surface area contributed by atoms with E-state index in [0.29, 0.717) is 6.54 Å². The lowest BCUT2D eigenvalue weighted by Gasteiger charge is -2.10. The van der Waals surface area contributed by atoms with E-state index in [1.54, 1.807) is 0 Å². The van der Waals surface area contributed by atoms with Gasteiger partial charge in [0.1, 0.15) is 0 Å². The molecule has 1 aromatic rings. The number of benzene rings is 1. The molecule has 1 aliphatic heterocycles. The van der Waals surface area contributed by atoms with Crippen LogP contribution in [0.2, 0.25) is 5.02 Å². The standard InChI is InChI=1S/C12H14ClNO2/c1-16-12(15)9-6-11(14-7-9)8-3-2-4-10(13)5-8/h2-5,9,11,14H,6-7H2,1H3. The van der Waals surface area contributed by atoms with Crippen molar-refractivity contribution in [2.75, 3.05) is 13.7 Å². The van der Waals surface area contributed by atoms with E-state index < -0.39 is 0 Å². The molecule has 0 spiro atoms. The quantitative estimate of drug-likeness (QED) is 0.804. The summed E-state index contributed by atoms with van der Waals surface area (Å²) in [4.78, 5) is 11.4. The van der Waals surface area contributed by atoms with Crippen LogP contribution in [-0.2, 0) is 9.53 Å². The van der Waals surface area contributed by atoms with Crippen LogP contribution in [0.5, 0.6) is 0 Å². The van der Waals surface area contributed by atoms with E-state index in [2.05, 4.69) is 5.32 Å². The van der Waals surface area contributed by atoms with E-state index in [1.807, 2.05) is 24.3 Å². The van der Waals surface area contributed by atoms with Crippen LogP contribution in [0.4, 0.5) is 0 Å². The van der Waals surface area contributed by atoms with E-state index in [4.69, 9.17) is 16.3 Å². The highest BCUT2D eigenvalue weighted by molar-refractivity contribution is 6.30. The fourth-order valence-corrected chi connectivity index (χ4v) is 2.26. The van der Waals surface area contributed by atoms with Crippen LogP contribution in [0.25, 0.3) is 0 Å². The van der Waals surface area contributed by atoms with Gasteiger partial charge in [0.05, 0.1) is 13.0 Å². The zero-order chi connectivity index (χ0) is 11.5. The number of rotatable bonds is 2. The zero-order valence-corrected chi connectivity index (χ0v) is 9.83. The summed E-state index contributed by atoms with van der Waals surface area (Å²) in [6.45, 7) is 0.670. The van der Waals surface area contributed by atoms with Crippen LogP contribution in [0.1, 0.15) is 18.0 Å². The Balaban J connectivity index is 2.06. The van der Waals surface area contributed by atoms with Gasteiger partial charge >= 0.3 is 5.97 Å². The van der Waals surface area contributed by atoms with Gasteiger partial charge < -0.3 is 10.1 Å². The number of ether oxygens (including phenoxy) is 1. The van der Waals surface area contributed by atoms with Gasteiger partial charge in [-0.25, -0.2) is 0 Å². The Morgan fingerprint density at radius 2 is 2.38 bits per heavy atom. The Morgan fingerprint density at radius 3 is 3.06 bits per heavy atom. The molecule has 1 heterocycles. The van der Waals surface area contributed by atoms with Gasteiger partial charge in [0.15, 0.2) is 0 Å².